The van der Waals surface area contributed by atoms with E-state index in [0.717, 1.165) is 11.3 Å². The first-order chi connectivity index (χ1) is 8.95. The van der Waals surface area contributed by atoms with E-state index in [1.54, 1.807) is 16.2 Å². The number of thiophene rings is 1. The third kappa shape index (κ3) is 3.35. The molecule has 106 valence electrons. The third-order valence-electron chi connectivity index (χ3n) is 3.19. The maximum Gasteiger partial charge on any atom is 0.264 e. The van der Waals surface area contributed by atoms with Crippen LogP contribution in [0.4, 0.5) is 0 Å². The molecule has 2 heterocycles. The average molecular weight is 283 g/mol. The zero-order chi connectivity index (χ0) is 14.0. The molecule has 0 spiro atoms. The van der Waals surface area contributed by atoms with E-state index >= 15 is 0 Å². The molecule has 1 aliphatic rings. The first-order valence-electron chi connectivity index (χ1n) is 6.62. The number of hydrogen-bond donors (Lipinski definition) is 1. The topological polar surface area (TPSA) is 49.8 Å². The Hall–Kier alpha value is -0.910. The van der Waals surface area contributed by atoms with Crippen LogP contribution >= 0.6 is 11.3 Å². The van der Waals surface area contributed by atoms with Gasteiger partial charge in [0, 0.05) is 18.0 Å². The van der Waals surface area contributed by atoms with Gasteiger partial charge in [0.1, 0.15) is 0 Å². The molecule has 0 radical (unpaired) electrons. The zero-order valence-electron chi connectivity index (χ0n) is 11.7. The number of aliphatic hydroxyl groups is 1. The van der Waals surface area contributed by atoms with Gasteiger partial charge in [-0.3, -0.25) is 4.79 Å². The molecule has 0 aromatic carbocycles. The molecule has 1 fully saturated rings. The average Bonchev–Trinajstić information content (AvgIpc) is 2.84. The minimum absolute atomic E-state index is 0.0412. The highest BCUT2D eigenvalue weighted by molar-refractivity contribution is 7.14. The minimum atomic E-state index is -0.411. The van der Waals surface area contributed by atoms with Gasteiger partial charge in [-0.25, -0.2) is 0 Å². The van der Waals surface area contributed by atoms with Crippen molar-refractivity contribution in [3.8, 4) is 0 Å². The molecule has 1 N–H and O–H groups in total. The molecule has 0 aliphatic carbocycles. The van der Waals surface area contributed by atoms with Crippen molar-refractivity contribution in [2.45, 2.75) is 38.9 Å². The largest absolute Gasteiger partial charge is 0.394 e. The summed E-state index contributed by atoms with van der Waals surface area (Å²) in [5, 5.41) is 9.28. The molecule has 1 aromatic rings. The number of aliphatic hydroxyl groups excluding tert-OH is 1. The van der Waals surface area contributed by atoms with Crippen LogP contribution in [0.2, 0.25) is 0 Å². The van der Waals surface area contributed by atoms with Crippen LogP contribution in [-0.2, 0) is 11.2 Å². The molecule has 4 nitrogen and oxygen atoms in total. The van der Waals surface area contributed by atoms with Gasteiger partial charge in [0.25, 0.3) is 5.91 Å². The van der Waals surface area contributed by atoms with Gasteiger partial charge in [-0.15, -0.1) is 11.3 Å². The van der Waals surface area contributed by atoms with E-state index < -0.39 is 5.60 Å². The van der Waals surface area contributed by atoms with Crippen molar-refractivity contribution in [2.24, 2.45) is 0 Å². The first-order valence-corrected chi connectivity index (χ1v) is 7.43. The Morgan fingerprint density at radius 1 is 1.58 bits per heavy atom. The number of ether oxygens (including phenoxy) is 1. The zero-order valence-corrected chi connectivity index (χ0v) is 12.5. The Bertz CT molecular complexity index is 455. The maximum atomic E-state index is 12.5. The van der Waals surface area contributed by atoms with Crippen LogP contribution in [0, 0.1) is 0 Å². The van der Waals surface area contributed by atoms with Gasteiger partial charge < -0.3 is 14.7 Å². The van der Waals surface area contributed by atoms with Crippen molar-refractivity contribution in [3.05, 3.63) is 21.9 Å². The lowest BCUT2D eigenvalue weighted by molar-refractivity contribution is -0.139. The van der Waals surface area contributed by atoms with Gasteiger partial charge in [0.2, 0.25) is 0 Å². The summed E-state index contributed by atoms with van der Waals surface area (Å²) in [7, 11) is 0. The van der Waals surface area contributed by atoms with Crippen LogP contribution < -0.4 is 0 Å². The number of morpholine rings is 1. The molecule has 1 aromatic heterocycles. The van der Waals surface area contributed by atoms with Gasteiger partial charge in [0.15, 0.2) is 0 Å². The Labute approximate surface area is 118 Å². The second-order valence-corrected chi connectivity index (χ2v) is 6.66. The summed E-state index contributed by atoms with van der Waals surface area (Å²) in [5.74, 6) is 0.0412. The number of carbonyl (C=O) groups is 1. The van der Waals surface area contributed by atoms with E-state index in [4.69, 9.17) is 4.74 Å². The van der Waals surface area contributed by atoms with Gasteiger partial charge in [0.05, 0.1) is 23.2 Å². The molecular weight excluding hydrogens is 262 g/mol. The van der Waals surface area contributed by atoms with Crippen LogP contribution in [0.3, 0.4) is 0 Å². The Kier molecular flexibility index (Phi) is 4.28. The second kappa shape index (κ2) is 5.61. The number of amides is 1. The molecule has 1 atom stereocenters. The van der Waals surface area contributed by atoms with Crippen molar-refractivity contribution in [1.82, 2.24) is 4.90 Å². The normalized spacial score (nSPS) is 22.5. The standard InChI is InChI=1S/C14H21NO3S/c1-4-11-5-6-12(19-11)13(17)15-7-10(8-16)18-14(2,3)9-15/h5-6,10,16H,4,7-9H2,1-3H3. The highest BCUT2D eigenvalue weighted by Crippen LogP contribution is 2.25. The molecule has 0 bridgehead atoms. The van der Waals surface area contributed by atoms with Gasteiger partial charge in [-0.05, 0) is 32.4 Å². The van der Waals surface area contributed by atoms with Crippen molar-refractivity contribution in [2.75, 3.05) is 19.7 Å². The van der Waals surface area contributed by atoms with E-state index in [2.05, 4.69) is 6.92 Å². The van der Waals surface area contributed by atoms with Crippen LogP contribution in [-0.4, -0.2) is 47.3 Å². The number of nitrogens with zero attached hydrogens (tertiary/aromatic N) is 1. The molecular formula is C14H21NO3S. The highest BCUT2D eigenvalue weighted by Gasteiger charge is 2.35. The van der Waals surface area contributed by atoms with E-state index in [0.29, 0.717) is 13.1 Å². The summed E-state index contributed by atoms with van der Waals surface area (Å²) < 4.78 is 5.73. The van der Waals surface area contributed by atoms with Gasteiger partial charge in [-0.1, -0.05) is 6.92 Å². The smallest absolute Gasteiger partial charge is 0.264 e. The molecule has 19 heavy (non-hydrogen) atoms. The summed E-state index contributed by atoms with van der Waals surface area (Å²) in [6.07, 6.45) is 0.657. The predicted octanol–water partition coefficient (Wildman–Crippen LogP) is 1.92. The third-order valence-corrected chi connectivity index (χ3v) is 4.41. The first kappa shape index (κ1) is 14.5. The highest BCUT2D eigenvalue weighted by atomic mass is 32.1. The Balaban J connectivity index is 2.13. The second-order valence-electron chi connectivity index (χ2n) is 5.49. The SMILES string of the molecule is CCc1ccc(C(=O)N2CC(CO)OC(C)(C)C2)s1. The number of rotatable bonds is 3. The lowest BCUT2D eigenvalue weighted by Crippen LogP contribution is -2.55. The lowest BCUT2D eigenvalue weighted by atomic mass is 10.1. The van der Waals surface area contributed by atoms with Crippen molar-refractivity contribution in [3.63, 3.8) is 0 Å². The maximum absolute atomic E-state index is 12.5. The van der Waals surface area contributed by atoms with Crippen LogP contribution in [0.25, 0.3) is 0 Å². The predicted molar refractivity (Wildman–Crippen MR) is 75.6 cm³/mol. The van der Waals surface area contributed by atoms with Crippen molar-refractivity contribution < 1.29 is 14.6 Å². The van der Waals surface area contributed by atoms with Crippen molar-refractivity contribution >= 4 is 17.2 Å². The summed E-state index contributed by atoms with van der Waals surface area (Å²) in [4.78, 5) is 16.3. The molecule has 5 heteroatoms. The summed E-state index contributed by atoms with van der Waals surface area (Å²) in [5.41, 5.74) is -0.411. The fourth-order valence-electron chi connectivity index (χ4n) is 2.38. The minimum Gasteiger partial charge on any atom is -0.394 e. The fourth-order valence-corrected chi connectivity index (χ4v) is 3.30. The van der Waals surface area contributed by atoms with Crippen LogP contribution in [0.1, 0.15) is 35.3 Å². The molecule has 1 amide bonds. The molecule has 1 saturated heterocycles. The molecule has 1 aliphatic heterocycles. The number of aryl methyl sites for hydroxylation is 1. The van der Waals surface area contributed by atoms with Crippen LogP contribution in [0.5, 0.6) is 0 Å². The summed E-state index contributed by atoms with van der Waals surface area (Å²) in [6, 6.07) is 3.90. The quantitative estimate of drug-likeness (QED) is 0.922. The summed E-state index contributed by atoms with van der Waals surface area (Å²) >= 11 is 1.55. The fraction of sp³-hybridized carbons (Fsp3) is 0.643. The molecule has 0 saturated carbocycles. The van der Waals surface area contributed by atoms with Crippen LogP contribution in [0.15, 0.2) is 12.1 Å². The van der Waals surface area contributed by atoms with E-state index in [9.17, 15) is 9.90 Å². The van der Waals surface area contributed by atoms with Crippen molar-refractivity contribution in [1.29, 1.82) is 0 Å². The summed E-state index contributed by atoms with van der Waals surface area (Å²) in [6.45, 7) is 6.93. The lowest BCUT2D eigenvalue weighted by Gasteiger charge is -2.42. The molecule has 1 unspecified atom stereocenters. The Morgan fingerprint density at radius 3 is 2.89 bits per heavy atom. The number of hydrogen-bond acceptors (Lipinski definition) is 4. The molecule has 2 rings (SSSR count). The Morgan fingerprint density at radius 2 is 2.32 bits per heavy atom. The van der Waals surface area contributed by atoms with Gasteiger partial charge in [-0.2, -0.15) is 0 Å². The van der Waals surface area contributed by atoms with Gasteiger partial charge >= 0.3 is 0 Å². The number of carbonyl (C=O) groups excluding carboxylic acids is 1. The monoisotopic (exact) mass is 283 g/mol. The van der Waals surface area contributed by atoms with E-state index in [1.165, 1.54) is 4.88 Å². The van der Waals surface area contributed by atoms with E-state index in [1.807, 2.05) is 26.0 Å². The van der Waals surface area contributed by atoms with E-state index in [-0.39, 0.29) is 18.6 Å².